The minimum atomic E-state index is -4.26. The first kappa shape index (κ1) is 13.9. The van der Waals surface area contributed by atoms with E-state index < -0.39 is 11.7 Å². The second-order valence-electron chi connectivity index (χ2n) is 5.82. The fourth-order valence-electron chi connectivity index (χ4n) is 2.87. The quantitative estimate of drug-likeness (QED) is 0.914. The highest BCUT2D eigenvalue weighted by Crippen LogP contribution is 2.33. The fraction of sp³-hybridized carbons (Fsp3) is 0.600. The zero-order valence-electron chi connectivity index (χ0n) is 11.3. The van der Waals surface area contributed by atoms with Gasteiger partial charge in [-0.2, -0.15) is 13.2 Å². The van der Waals surface area contributed by atoms with E-state index in [1.54, 1.807) is 12.1 Å². The van der Waals surface area contributed by atoms with Gasteiger partial charge in [-0.25, -0.2) is 0 Å². The molecule has 0 bridgehead atoms. The molecule has 1 unspecified atom stereocenters. The molecule has 2 nitrogen and oxygen atoms in total. The normalized spacial score (nSPS) is 24.2. The Morgan fingerprint density at radius 1 is 1.10 bits per heavy atom. The van der Waals surface area contributed by atoms with Gasteiger partial charge in [-0.05, 0) is 30.9 Å². The van der Waals surface area contributed by atoms with E-state index in [2.05, 4.69) is 10.2 Å². The lowest BCUT2D eigenvalue weighted by Crippen LogP contribution is -2.34. The number of rotatable bonds is 4. The van der Waals surface area contributed by atoms with Gasteiger partial charge in [0.25, 0.3) is 0 Å². The summed E-state index contributed by atoms with van der Waals surface area (Å²) in [7, 11) is 0. The van der Waals surface area contributed by atoms with Crippen LogP contribution in [-0.2, 0) is 12.7 Å². The van der Waals surface area contributed by atoms with Crippen LogP contribution in [0.15, 0.2) is 24.3 Å². The number of hydrogen-bond acceptors (Lipinski definition) is 2. The number of alkyl halides is 3. The topological polar surface area (TPSA) is 15.3 Å². The second kappa shape index (κ2) is 5.37. The zero-order chi connectivity index (χ0) is 14.2. The maximum absolute atomic E-state index is 12.9. The van der Waals surface area contributed by atoms with Crippen molar-refractivity contribution in [1.82, 2.24) is 10.2 Å². The van der Waals surface area contributed by atoms with Crippen molar-refractivity contribution in [2.24, 2.45) is 0 Å². The molecule has 1 saturated carbocycles. The van der Waals surface area contributed by atoms with Crippen molar-refractivity contribution in [3.63, 3.8) is 0 Å². The Balaban J connectivity index is 1.63. The largest absolute Gasteiger partial charge is 0.416 e. The third-order valence-corrected chi connectivity index (χ3v) is 4.04. The van der Waals surface area contributed by atoms with Gasteiger partial charge in [0.2, 0.25) is 0 Å². The summed E-state index contributed by atoms with van der Waals surface area (Å²) in [5.41, 5.74) is -0.120. The van der Waals surface area contributed by atoms with Gasteiger partial charge in [-0.1, -0.05) is 18.2 Å². The maximum Gasteiger partial charge on any atom is 0.416 e. The highest BCUT2D eigenvalue weighted by Gasteiger charge is 2.34. The summed E-state index contributed by atoms with van der Waals surface area (Å²) in [6, 6.07) is 6.99. The molecule has 1 N–H and O–H groups in total. The van der Waals surface area contributed by atoms with Crippen LogP contribution in [0.1, 0.15) is 30.4 Å². The van der Waals surface area contributed by atoms with Gasteiger partial charge in [0, 0.05) is 31.7 Å². The molecule has 1 atom stereocenters. The Kier molecular flexibility index (Phi) is 3.73. The van der Waals surface area contributed by atoms with Crippen LogP contribution in [0.4, 0.5) is 13.2 Å². The van der Waals surface area contributed by atoms with Gasteiger partial charge >= 0.3 is 6.18 Å². The highest BCUT2D eigenvalue weighted by molar-refractivity contribution is 5.29. The Morgan fingerprint density at radius 2 is 1.85 bits per heavy atom. The molecule has 2 fully saturated rings. The van der Waals surface area contributed by atoms with E-state index in [9.17, 15) is 13.2 Å². The van der Waals surface area contributed by atoms with Crippen molar-refractivity contribution in [3.8, 4) is 0 Å². The number of hydrogen-bond donors (Lipinski definition) is 1. The van der Waals surface area contributed by atoms with Crippen molar-refractivity contribution in [3.05, 3.63) is 35.4 Å². The highest BCUT2D eigenvalue weighted by atomic mass is 19.4. The molecule has 1 aliphatic heterocycles. The summed E-state index contributed by atoms with van der Waals surface area (Å²) in [6.45, 7) is 2.11. The van der Waals surface area contributed by atoms with Crippen LogP contribution in [0.3, 0.4) is 0 Å². The molecule has 2 aliphatic rings. The number of benzene rings is 1. The third kappa shape index (κ3) is 3.33. The van der Waals surface area contributed by atoms with Crippen LogP contribution in [0.25, 0.3) is 0 Å². The smallest absolute Gasteiger partial charge is 0.310 e. The molecular formula is C15H19F3N2. The molecule has 1 aromatic carbocycles. The van der Waals surface area contributed by atoms with E-state index in [0.29, 0.717) is 24.2 Å². The van der Waals surface area contributed by atoms with E-state index in [1.165, 1.54) is 25.0 Å². The summed E-state index contributed by atoms with van der Waals surface area (Å²) < 4.78 is 38.8. The average Bonchev–Trinajstić information content (AvgIpc) is 3.08. The monoisotopic (exact) mass is 284 g/mol. The Morgan fingerprint density at radius 3 is 2.55 bits per heavy atom. The van der Waals surface area contributed by atoms with Gasteiger partial charge in [0.1, 0.15) is 0 Å². The lowest BCUT2D eigenvalue weighted by Gasteiger charge is -2.19. The zero-order valence-corrected chi connectivity index (χ0v) is 11.3. The summed E-state index contributed by atoms with van der Waals surface area (Å²) in [4.78, 5) is 2.12. The van der Waals surface area contributed by atoms with E-state index in [-0.39, 0.29) is 0 Å². The predicted octanol–water partition coefficient (Wildman–Crippen LogP) is 3.03. The van der Waals surface area contributed by atoms with Crippen LogP contribution < -0.4 is 5.32 Å². The maximum atomic E-state index is 12.9. The molecule has 0 spiro atoms. The SMILES string of the molecule is FC(F)(F)c1ccccc1CN1CCC(NC2CC2)C1. The second-order valence-corrected chi connectivity index (χ2v) is 5.82. The van der Waals surface area contributed by atoms with Crippen LogP contribution >= 0.6 is 0 Å². The van der Waals surface area contributed by atoms with Gasteiger partial charge < -0.3 is 5.32 Å². The minimum Gasteiger partial charge on any atom is -0.310 e. The molecule has 20 heavy (non-hydrogen) atoms. The standard InChI is InChI=1S/C15H19F3N2/c16-15(17,18)14-4-2-1-3-11(14)9-20-8-7-13(10-20)19-12-5-6-12/h1-4,12-13,19H,5-10H2. The number of likely N-dealkylation sites (tertiary alicyclic amines) is 1. The minimum absolute atomic E-state index is 0.382. The molecule has 0 aromatic heterocycles. The van der Waals surface area contributed by atoms with Gasteiger partial charge in [-0.3, -0.25) is 4.90 Å². The average molecular weight is 284 g/mol. The molecule has 110 valence electrons. The van der Waals surface area contributed by atoms with Crippen molar-refractivity contribution >= 4 is 0 Å². The number of nitrogens with zero attached hydrogens (tertiary/aromatic N) is 1. The summed E-state index contributed by atoms with van der Waals surface area (Å²) in [6.07, 6.45) is -0.743. The molecule has 1 heterocycles. The number of nitrogens with one attached hydrogen (secondary N) is 1. The first-order valence-electron chi connectivity index (χ1n) is 7.16. The van der Waals surface area contributed by atoms with Crippen molar-refractivity contribution < 1.29 is 13.2 Å². The Labute approximate surface area is 117 Å². The first-order chi connectivity index (χ1) is 9.52. The predicted molar refractivity (Wildman–Crippen MR) is 71.3 cm³/mol. The van der Waals surface area contributed by atoms with Crippen LogP contribution in [0.5, 0.6) is 0 Å². The van der Waals surface area contributed by atoms with E-state index >= 15 is 0 Å². The number of halogens is 3. The lowest BCUT2D eigenvalue weighted by atomic mass is 10.1. The molecule has 5 heteroatoms. The fourth-order valence-corrected chi connectivity index (χ4v) is 2.87. The third-order valence-electron chi connectivity index (χ3n) is 4.04. The molecule has 1 aromatic rings. The van der Waals surface area contributed by atoms with Gasteiger partial charge in [0.05, 0.1) is 5.56 Å². The Hall–Kier alpha value is -1.07. The molecule has 0 radical (unpaired) electrons. The van der Waals surface area contributed by atoms with Crippen LogP contribution in [-0.4, -0.2) is 30.1 Å². The molecule has 1 saturated heterocycles. The lowest BCUT2D eigenvalue weighted by molar-refractivity contribution is -0.138. The molecule has 3 rings (SSSR count). The van der Waals surface area contributed by atoms with Crippen molar-refractivity contribution in [2.45, 2.75) is 44.1 Å². The summed E-state index contributed by atoms with van der Waals surface area (Å²) in [5, 5.41) is 3.55. The van der Waals surface area contributed by atoms with E-state index in [4.69, 9.17) is 0 Å². The molecular weight excluding hydrogens is 265 g/mol. The van der Waals surface area contributed by atoms with Gasteiger partial charge in [0.15, 0.2) is 0 Å². The van der Waals surface area contributed by atoms with Gasteiger partial charge in [-0.15, -0.1) is 0 Å². The summed E-state index contributed by atoms with van der Waals surface area (Å²) >= 11 is 0. The van der Waals surface area contributed by atoms with Crippen LogP contribution in [0, 0.1) is 0 Å². The summed E-state index contributed by atoms with van der Waals surface area (Å²) in [5.74, 6) is 0. The first-order valence-corrected chi connectivity index (χ1v) is 7.16. The molecule has 0 amide bonds. The van der Waals surface area contributed by atoms with Crippen LogP contribution in [0.2, 0.25) is 0 Å². The molecule has 1 aliphatic carbocycles. The Bertz CT molecular complexity index is 468. The van der Waals surface area contributed by atoms with E-state index in [0.717, 1.165) is 19.5 Å². The van der Waals surface area contributed by atoms with Crippen molar-refractivity contribution in [1.29, 1.82) is 0 Å². The van der Waals surface area contributed by atoms with Crippen molar-refractivity contribution in [2.75, 3.05) is 13.1 Å². The van der Waals surface area contributed by atoms with E-state index in [1.807, 2.05) is 0 Å².